The van der Waals surface area contributed by atoms with Crippen molar-refractivity contribution in [3.8, 4) is 0 Å². The van der Waals surface area contributed by atoms with Gasteiger partial charge in [-0.2, -0.15) is 0 Å². The van der Waals surface area contributed by atoms with Crippen LogP contribution in [0.5, 0.6) is 0 Å². The molecule has 0 N–H and O–H groups in total. The topological polar surface area (TPSA) is 66.4 Å². The van der Waals surface area contributed by atoms with Gasteiger partial charge in [-0.3, -0.25) is 0 Å². The van der Waals surface area contributed by atoms with Gasteiger partial charge in [-0.05, 0) is 45.1 Å². The van der Waals surface area contributed by atoms with Crippen LogP contribution in [0, 0.1) is 0 Å². The van der Waals surface area contributed by atoms with Crippen molar-refractivity contribution in [3.63, 3.8) is 0 Å². The third kappa shape index (κ3) is 32.6. The Morgan fingerprint density at radius 2 is 1.00 bits per heavy atom. The molecule has 0 bridgehead atoms. The van der Waals surface area contributed by atoms with Crippen molar-refractivity contribution >= 4 is 6.16 Å². The van der Waals surface area contributed by atoms with Crippen LogP contribution < -0.4 is 69.3 Å². The number of hydrogen-bond acceptors (Lipinski definition) is 4. The fourth-order valence-corrected chi connectivity index (χ4v) is 1.48. The van der Waals surface area contributed by atoms with Crippen molar-refractivity contribution in [1.29, 1.82) is 0 Å². The van der Waals surface area contributed by atoms with Gasteiger partial charge in [0.2, 0.25) is 0 Å². The van der Waals surface area contributed by atoms with Gasteiger partial charge >= 0.3 is 59.1 Å². The van der Waals surface area contributed by atoms with E-state index in [0.29, 0.717) is 0 Å². The van der Waals surface area contributed by atoms with Gasteiger partial charge in [-0.15, -0.1) is 0 Å². The minimum Gasteiger partial charge on any atom is -0.652 e. The van der Waals surface area contributed by atoms with E-state index in [1.54, 1.807) is 0 Å². The molecule has 0 aromatic rings. The standard InChI is InChI=1S/C12H27N.CH2O3.2Na/c1-4-7-10-13(11-8-5-2)12-9-6-3;2-1(3)4;;/h4-12H2,1-3H3;(H2,2,3,4);;/q;;2*+1/p-2. The average molecular weight is 291 g/mol. The zero-order chi connectivity index (χ0) is 13.5. The Morgan fingerprint density at radius 1 is 0.789 bits per heavy atom. The smallest absolute Gasteiger partial charge is 0.652 e. The predicted molar refractivity (Wildman–Crippen MR) is 66.6 cm³/mol. The summed E-state index contributed by atoms with van der Waals surface area (Å²) in [5.41, 5.74) is 0. The first-order valence-corrected chi connectivity index (χ1v) is 6.68. The van der Waals surface area contributed by atoms with Crippen molar-refractivity contribution in [1.82, 2.24) is 4.90 Å². The quantitative estimate of drug-likeness (QED) is 0.400. The maximum Gasteiger partial charge on any atom is 1.00 e. The van der Waals surface area contributed by atoms with Gasteiger partial charge < -0.3 is 19.9 Å². The van der Waals surface area contributed by atoms with Crippen LogP contribution in [0.4, 0.5) is 4.79 Å². The van der Waals surface area contributed by atoms with E-state index in [4.69, 9.17) is 15.0 Å². The van der Waals surface area contributed by atoms with E-state index < -0.39 is 6.16 Å². The molecule has 0 heterocycles. The minimum atomic E-state index is -2.33. The van der Waals surface area contributed by atoms with Crippen LogP contribution in [-0.4, -0.2) is 30.7 Å². The second kappa shape index (κ2) is 24.3. The summed E-state index contributed by atoms with van der Waals surface area (Å²) in [4.78, 5) is 11.0. The molecular formula is C13H27NNa2O3. The number of unbranched alkanes of at least 4 members (excludes halogenated alkanes) is 3. The van der Waals surface area contributed by atoms with E-state index >= 15 is 0 Å². The molecule has 0 spiro atoms. The maximum absolute atomic E-state index is 8.33. The van der Waals surface area contributed by atoms with E-state index in [-0.39, 0.29) is 59.1 Å². The molecule has 0 aromatic heterocycles. The van der Waals surface area contributed by atoms with Crippen molar-refractivity contribution in [3.05, 3.63) is 0 Å². The molecule has 0 aliphatic heterocycles. The van der Waals surface area contributed by atoms with E-state index in [9.17, 15) is 0 Å². The Labute approximate surface area is 162 Å². The van der Waals surface area contributed by atoms with Crippen LogP contribution in [0.2, 0.25) is 0 Å². The molecule has 0 aliphatic carbocycles. The van der Waals surface area contributed by atoms with E-state index in [0.717, 1.165) is 0 Å². The zero-order valence-corrected chi connectivity index (χ0v) is 17.5. The summed E-state index contributed by atoms with van der Waals surface area (Å²) in [5, 5.41) is 16.7. The van der Waals surface area contributed by atoms with E-state index in [1.165, 1.54) is 58.2 Å². The largest absolute Gasteiger partial charge is 1.00 e. The zero-order valence-electron chi connectivity index (χ0n) is 13.5. The van der Waals surface area contributed by atoms with Gasteiger partial charge in [0.05, 0.1) is 0 Å². The van der Waals surface area contributed by atoms with Crippen LogP contribution >= 0.6 is 0 Å². The van der Waals surface area contributed by atoms with Gasteiger partial charge in [0.25, 0.3) is 0 Å². The molecule has 0 saturated heterocycles. The van der Waals surface area contributed by atoms with Crippen LogP contribution in [0.15, 0.2) is 0 Å². The number of nitrogens with zero attached hydrogens (tertiary/aromatic N) is 1. The molecule has 0 fully saturated rings. The SMILES string of the molecule is CCCCN(CCCC)CCCC.O=C([O-])[O-].[Na+].[Na+]. The number of carbonyl (C=O) groups excluding carboxylic acids is 1. The molecule has 6 heteroatoms. The summed E-state index contributed by atoms with van der Waals surface area (Å²) >= 11 is 0. The molecule has 0 rings (SSSR count). The van der Waals surface area contributed by atoms with Crippen LogP contribution in [0.25, 0.3) is 0 Å². The third-order valence-corrected chi connectivity index (χ3v) is 2.48. The molecule has 0 radical (unpaired) electrons. The Kier molecular flexibility index (Phi) is 36.3. The summed E-state index contributed by atoms with van der Waals surface area (Å²) in [7, 11) is 0. The summed E-state index contributed by atoms with van der Waals surface area (Å²) in [5.74, 6) is 0. The molecule has 4 nitrogen and oxygen atoms in total. The number of rotatable bonds is 9. The van der Waals surface area contributed by atoms with Gasteiger partial charge in [0, 0.05) is 0 Å². The van der Waals surface area contributed by atoms with Crippen molar-refractivity contribution < 1.29 is 74.1 Å². The number of carboxylic acid groups (broad SMARTS) is 2. The molecule has 104 valence electrons. The Balaban J connectivity index is -0.000000165. The first-order chi connectivity index (χ1) is 8.08. The van der Waals surface area contributed by atoms with Gasteiger partial charge in [0.15, 0.2) is 0 Å². The molecule has 0 amide bonds. The number of hydrogen-bond donors (Lipinski definition) is 0. The molecular weight excluding hydrogens is 264 g/mol. The Hall–Kier alpha value is 1.23. The summed E-state index contributed by atoms with van der Waals surface area (Å²) in [6.07, 6.45) is 5.76. The van der Waals surface area contributed by atoms with Crippen LogP contribution in [0.3, 0.4) is 0 Å². The first kappa shape index (κ1) is 28.4. The van der Waals surface area contributed by atoms with Gasteiger partial charge in [-0.1, -0.05) is 40.0 Å². The second-order valence-corrected chi connectivity index (χ2v) is 4.15. The maximum atomic E-state index is 8.33. The summed E-state index contributed by atoms with van der Waals surface area (Å²) in [6.45, 7) is 10.8. The van der Waals surface area contributed by atoms with E-state index in [1.807, 2.05) is 0 Å². The fraction of sp³-hybridized carbons (Fsp3) is 0.923. The predicted octanol–water partition coefficient (Wildman–Crippen LogP) is -4.75. The third-order valence-electron chi connectivity index (χ3n) is 2.48. The van der Waals surface area contributed by atoms with Gasteiger partial charge in [-0.25, -0.2) is 0 Å². The summed E-state index contributed by atoms with van der Waals surface area (Å²) in [6, 6.07) is 0. The summed E-state index contributed by atoms with van der Waals surface area (Å²) < 4.78 is 0. The Morgan fingerprint density at radius 3 is 1.16 bits per heavy atom. The van der Waals surface area contributed by atoms with Crippen LogP contribution in [-0.2, 0) is 0 Å². The normalized spacial score (nSPS) is 8.84. The number of carbonyl (C=O) groups is 1. The second-order valence-electron chi connectivity index (χ2n) is 4.15. The minimum absolute atomic E-state index is 0. The Bertz CT molecular complexity index is 149. The van der Waals surface area contributed by atoms with Crippen LogP contribution in [0.1, 0.15) is 59.3 Å². The first-order valence-electron chi connectivity index (χ1n) is 6.68. The molecule has 0 atom stereocenters. The molecule has 0 unspecified atom stereocenters. The van der Waals surface area contributed by atoms with Gasteiger partial charge in [0.1, 0.15) is 0 Å². The molecule has 0 aromatic carbocycles. The van der Waals surface area contributed by atoms with Crippen molar-refractivity contribution in [2.24, 2.45) is 0 Å². The van der Waals surface area contributed by atoms with Crippen molar-refractivity contribution in [2.45, 2.75) is 59.3 Å². The van der Waals surface area contributed by atoms with Crippen molar-refractivity contribution in [2.75, 3.05) is 19.6 Å². The molecule has 0 saturated carbocycles. The van der Waals surface area contributed by atoms with E-state index in [2.05, 4.69) is 25.7 Å². The monoisotopic (exact) mass is 291 g/mol. The fourth-order valence-electron chi connectivity index (χ4n) is 1.48. The molecule has 19 heavy (non-hydrogen) atoms. The molecule has 0 aliphatic rings. The average Bonchev–Trinajstić information content (AvgIpc) is 2.27.